The fourth-order valence-electron chi connectivity index (χ4n) is 3.54. The Kier molecular flexibility index (Phi) is 4.85. The summed E-state index contributed by atoms with van der Waals surface area (Å²) in [5.41, 5.74) is 1.31. The van der Waals surface area contributed by atoms with E-state index in [2.05, 4.69) is 34.5 Å². The highest BCUT2D eigenvalue weighted by molar-refractivity contribution is 5.82. The van der Waals surface area contributed by atoms with Crippen molar-refractivity contribution in [2.75, 3.05) is 26.2 Å². The summed E-state index contributed by atoms with van der Waals surface area (Å²) in [6.45, 7) is 4.00. The van der Waals surface area contributed by atoms with Crippen molar-refractivity contribution in [1.82, 2.24) is 10.2 Å². The Hall–Kier alpha value is -2.11. The standard InChI is InChI=1S/C20H24N2O3/c23-20(18-11-17(18)19-7-4-9-25-19)21-12-16-14-22(8-10-24-16)13-15-5-2-1-3-6-15/h1-7,9,16-18H,8,10-14H2,(H,21,23)/t16-,17+,18-/m1/s1. The minimum atomic E-state index is 0.0511. The molecule has 3 atom stereocenters. The Balaban J connectivity index is 1.22. The van der Waals surface area contributed by atoms with Crippen molar-refractivity contribution in [2.24, 2.45) is 5.92 Å². The zero-order valence-electron chi connectivity index (χ0n) is 14.3. The van der Waals surface area contributed by atoms with Crippen LogP contribution in [0.3, 0.4) is 0 Å². The molecule has 1 saturated carbocycles. The highest BCUT2D eigenvalue weighted by Gasteiger charge is 2.45. The van der Waals surface area contributed by atoms with Crippen LogP contribution in [0.5, 0.6) is 0 Å². The van der Waals surface area contributed by atoms with Gasteiger partial charge in [0.25, 0.3) is 0 Å². The van der Waals surface area contributed by atoms with Crippen LogP contribution in [0, 0.1) is 5.92 Å². The van der Waals surface area contributed by atoms with E-state index in [9.17, 15) is 4.79 Å². The minimum absolute atomic E-state index is 0.0511. The number of hydrogen-bond acceptors (Lipinski definition) is 4. The van der Waals surface area contributed by atoms with E-state index in [1.165, 1.54) is 5.56 Å². The predicted octanol–water partition coefficient (Wildman–Crippen LogP) is 2.40. The number of carbonyl (C=O) groups is 1. The van der Waals surface area contributed by atoms with E-state index in [4.69, 9.17) is 9.15 Å². The zero-order valence-corrected chi connectivity index (χ0v) is 14.3. The molecule has 2 aromatic rings. The van der Waals surface area contributed by atoms with Gasteiger partial charge in [-0.05, 0) is 24.1 Å². The van der Waals surface area contributed by atoms with Crippen LogP contribution in [-0.4, -0.2) is 43.2 Å². The van der Waals surface area contributed by atoms with Crippen molar-refractivity contribution in [3.63, 3.8) is 0 Å². The van der Waals surface area contributed by atoms with Crippen LogP contribution in [0.4, 0.5) is 0 Å². The van der Waals surface area contributed by atoms with Crippen LogP contribution in [0.2, 0.25) is 0 Å². The molecule has 1 amide bonds. The van der Waals surface area contributed by atoms with E-state index in [1.54, 1.807) is 6.26 Å². The van der Waals surface area contributed by atoms with Gasteiger partial charge in [0.15, 0.2) is 0 Å². The average Bonchev–Trinajstić information content (AvgIpc) is 3.26. The van der Waals surface area contributed by atoms with Crippen LogP contribution in [-0.2, 0) is 16.1 Å². The number of nitrogens with zero attached hydrogens (tertiary/aromatic N) is 1. The summed E-state index contributed by atoms with van der Waals surface area (Å²) in [6, 6.07) is 14.3. The predicted molar refractivity (Wildman–Crippen MR) is 94.0 cm³/mol. The Morgan fingerprint density at radius 3 is 2.88 bits per heavy atom. The molecular formula is C20H24N2O3. The Morgan fingerprint density at radius 1 is 1.20 bits per heavy atom. The molecule has 0 unspecified atom stereocenters. The number of benzene rings is 1. The van der Waals surface area contributed by atoms with Crippen molar-refractivity contribution < 1.29 is 13.9 Å². The van der Waals surface area contributed by atoms with Gasteiger partial charge in [-0.1, -0.05) is 30.3 Å². The lowest BCUT2D eigenvalue weighted by Gasteiger charge is -2.33. The average molecular weight is 340 g/mol. The number of hydrogen-bond donors (Lipinski definition) is 1. The highest BCUT2D eigenvalue weighted by atomic mass is 16.5. The molecule has 2 fully saturated rings. The van der Waals surface area contributed by atoms with E-state index in [1.807, 2.05) is 18.2 Å². The van der Waals surface area contributed by atoms with Gasteiger partial charge in [0.1, 0.15) is 5.76 Å². The SMILES string of the molecule is O=C(NC[C@@H]1CN(Cc2ccccc2)CCO1)[C@@H]1C[C@@H]1c1ccco1. The Bertz CT molecular complexity index is 686. The third-order valence-electron chi connectivity index (χ3n) is 5.01. The quantitative estimate of drug-likeness (QED) is 0.877. The number of morpholine rings is 1. The van der Waals surface area contributed by atoms with Crippen LogP contribution >= 0.6 is 0 Å². The molecule has 0 radical (unpaired) electrons. The second-order valence-electron chi connectivity index (χ2n) is 6.92. The molecule has 1 aromatic heterocycles. The number of rotatable bonds is 6. The maximum atomic E-state index is 12.3. The summed E-state index contributed by atoms with van der Waals surface area (Å²) < 4.78 is 11.2. The first-order chi connectivity index (χ1) is 12.3. The van der Waals surface area contributed by atoms with Crippen molar-refractivity contribution in [3.05, 3.63) is 60.1 Å². The summed E-state index contributed by atoms with van der Waals surface area (Å²) in [6.07, 6.45) is 2.60. The van der Waals surface area contributed by atoms with E-state index < -0.39 is 0 Å². The highest BCUT2D eigenvalue weighted by Crippen LogP contribution is 2.47. The van der Waals surface area contributed by atoms with Gasteiger partial charge in [-0.15, -0.1) is 0 Å². The van der Waals surface area contributed by atoms with E-state index in [-0.39, 0.29) is 23.8 Å². The largest absolute Gasteiger partial charge is 0.469 e. The van der Waals surface area contributed by atoms with Crippen molar-refractivity contribution in [1.29, 1.82) is 0 Å². The molecular weight excluding hydrogens is 316 g/mol. The number of amides is 1. The molecule has 1 aromatic carbocycles. The maximum absolute atomic E-state index is 12.3. The maximum Gasteiger partial charge on any atom is 0.223 e. The second-order valence-corrected chi connectivity index (χ2v) is 6.92. The normalized spacial score (nSPS) is 26.3. The summed E-state index contributed by atoms with van der Waals surface area (Å²) >= 11 is 0. The number of nitrogens with one attached hydrogen (secondary N) is 1. The lowest BCUT2D eigenvalue weighted by atomic mass is 10.2. The van der Waals surface area contributed by atoms with Gasteiger partial charge in [0, 0.05) is 38.0 Å². The van der Waals surface area contributed by atoms with E-state index in [0.29, 0.717) is 13.2 Å². The molecule has 2 aliphatic rings. The first-order valence-electron chi connectivity index (χ1n) is 8.98. The Labute approximate surface area is 148 Å². The fraction of sp³-hybridized carbons (Fsp3) is 0.450. The van der Waals surface area contributed by atoms with Crippen molar-refractivity contribution in [2.45, 2.75) is 25.0 Å². The van der Waals surface area contributed by atoms with Crippen molar-refractivity contribution >= 4 is 5.91 Å². The van der Waals surface area contributed by atoms with E-state index >= 15 is 0 Å². The van der Waals surface area contributed by atoms with Crippen LogP contribution < -0.4 is 5.32 Å². The lowest BCUT2D eigenvalue weighted by Crippen LogP contribution is -2.47. The molecule has 25 heavy (non-hydrogen) atoms. The molecule has 1 N–H and O–H groups in total. The first kappa shape index (κ1) is 16.4. The molecule has 132 valence electrons. The van der Waals surface area contributed by atoms with Gasteiger partial charge in [-0.3, -0.25) is 9.69 Å². The van der Waals surface area contributed by atoms with Crippen LogP contribution in [0.25, 0.3) is 0 Å². The third kappa shape index (κ3) is 4.11. The summed E-state index contributed by atoms with van der Waals surface area (Å²) in [5, 5.41) is 3.06. The molecule has 0 bridgehead atoms. The molecule has 1 saturated heterocycles. The lowest BCUT2D eigenvalue weighted by molar-refractivity contribution is -0.123. The molecule has 2 heterocycles. The van der Waals surface area contributed by atoms with Crippen molar-refractivity contribution in [3.8, 4) is 0 Å². The number of carbonyl (C=O) groups excluding carboxylic acids is 1. The number of furan rings is 1. The van der Waals surface area contributed by atoms with Gasteiger partial charge in [-0.2, -0.15) is 0 Å². The molecule has 1 aliphatic carbocycles. The van der Waals surface area contributed by atoms with Gasteiger partial charge in [-0.25, -0.2) is 0 Å². The minimum Gasteiger partial charge on any atom is -0.469 e. The van der Waals surface area contributed by atoms with Crippen LogP contribution in [0.1, 0.15) is 23.7 Å². The Morgan fingerprint density at radius 2 is 2.08 bits per heavy atom. The molecule has 5 heteroatoms. The topological polar surface area (TPSA) is 54.7 Å². The third-order valence-corrected chi connectivity index (χ3v) is 5.01. The molecule has 4 rings (SSSR count). The smallest absolute Gasteiger partial charge is 0.223 e. The van der Waals surface area contributed by atoms with Crippen LogP contribution in [0.15, 0.2) is 53.1 Å². The fourth-order valence-corrected chi connectivity index (χ4v) is 3.54. The van der Waals surface area contributed by atoms with E-state index in [0.717, 1.165) is 31.8 Å². The monoisotopic (exact) mass is 340 g/mol. The molecule has 5 nitrogen and oxygen atoms in total. The summed E-state index contributed by atoms with van der Waals surface area (Å²) in [4.78, 5) is 14.7. The van der Waals surface area contributed by atoms with Gasteiger partial charge >= 0.3 is 0 Å². The summed E-state index contributed by atoms with van der Waals surface area (Å²) in [7, 11) is 0. The van der Waals surface area contributed by atoms with Gasteiger partial charge in [0.05, 0.1) is 19.0 Å². The molecule has 1 aliphatic heterocycles. The number of ether oxygens (including phenoxy) is 1. The second kappa shape index (κ2) is 7.42. The van der Waals surface area contributed by atoms with Gasteiger partial charge < -0.3 is 14.5 Å². The van der Waals surface area contributed by atoms with Gasteiger partial charge in [0.2, 0.25) is 5.91 Å². The molecule has 0 spiro atoms. The zero-order chi connectivity index (χ0) is 17.1. The summed E-state index contributed by atoms with van der Waals surface area (Å²) in [5.74, 6) is 1.33. The first-order valence-corrected chi connectivity index (χ1v) is 8.98.